The minimum absolute atomic E-state index is 0.306. The molecule has 1 nitrogen and oxygen atoms in total. The van der Waals surface area contributed by atoms with Crippen LogP contribution in [0.15, 0.2) is 12.7 Å². The molecule has 0 radical (unpaired) electrons. The predicted octanol–water partition coefficient (Wildman–Crippen LogP) is 2.24. The summed E-state index contributed by atoms with van der Waals surface area (Å²) in [5, 5.41) is 0. The van der Waals surface area contributed by atoms with Crippen LogP contribution < -0.4 is 0 Å². The molecule has 0 amide bonds. The van der Waals surface area contributed by atoms with Crippen molar-refractivity contribution in [2.75, 3.05) is 13.2 Å². The first-order chi connectivity index (χ1) is 4.67. The molecule has 1 fully saturated rings. The maximum atomic E-state index is 5.37. The molecule has 1 atom stereocenters. The molecule has 1 aliphatic heterocycles. The van der Waals surface area contributed by atoms with E-state index >= 15 is 0 Å². The fourth-order valence-electron chi connectivity index (χ4n) is 1.48. The van der Waals surface area contributed by atoms with Gasteiger partial charge < -0.3 is 4.74 Å². The molecule has 0 N–H and O–H groups in total. The highest BCUT2D eigenvalue weighted by atomic mass is 16.5. The summed E-state index contributed by atoms with van der Waals surface area (Å²) in [6.45, 7) is 10.1. The topological polar surface area (TPSA) is 9.23 Å². The lowest BCUT2D eigenvalue weighted by molar-refractivity contribution is -0.0149. The Hall–Kier alpha value is -0.300. The van der Waals surface area contributed by atoms with Crippen LogP contribution in [-0.4, -0.2) is 13.2 Å². The molecule has 0 bridgehead atoms. The highest BCUT2D eigenvalue weighted by Crippen LogP contribution is 2.33. The molecule has 1 heterocycles. The zero-order valence-corrected chi connectivity index (χ0v) is 6.89. The largest absolute Gasteiger partial charge is 0.381 e. The fraction of sp³-hybridized carbons (Fsp3) is 0.778. The second-order valence-electron chi connectivity index (χ2n) is 3.67. The molecule has 1 aliphatic rings. The number of hydrogen-bond acceptors (Lipinski definition) is 1. The predicted molar refractivity (Wildman–Crippen MR) is 42.9 cm³/mol. The van der Waals surface area contributed by atoms with Gasteiger partial charge in [0.1, 0.15) is 0 Å². The molecule has 0 saturated carbocycles. The summed E-state index contributed by atoms with van der Waals surface area (Å²) >= 11 is 0. The van der Waals surface area contributed by atoms with Crippen molar-refractivity contribution in [3.63, 3.8) is 0 Å². The van der Waals surface area contributed by atoms with Crippen molar-refractivity contribution >= 4 is 0 Å². The quantitative estimate of drug-likeness (QED) is 0.507. The Bertz CT molecular complexity index is 127. The van der Waals surface area contributed by atoms with E-state index in [0.717, 1.165) is 19.6 Å². The summed E-state index contributed by atoms with van der Waals surface area (Å²) in [6, 6.07) is 0. The summed E-state index contributed by atoms with van der Waals surface area (Å²) < 4.78 is 5.37. The molecule has 0 aliphatic carbocycles. The van der Waals surface area contributed by atoms with E-state index in [0.29, 0.717) is 11.3 Å². The zero-order valence-electron chi connectivity index (χ0n) is 6.89. The Labute approximate surface area is 63.1 Å². The highest BCUT2D eigenvalue weighted by Gasteiger charge is 2.30. The van der Waals surface area contributed by atoms with Crippen LogP contribution in [0.25, 0.3) is 0 Å². The van der Waals surface area contributed by atoms with E-state index < -0.39 is 0 Å². The molecule has 0 spiro atoms. The van der Waals surface area contributed by atoms with Crippen molar-refractivity contribution < 1.29 is 4.74 Å². The van der Waals surface area contributed by atoms with Gasteiger partial charge in [-0.3, -0.25) is 0 Å². The Balaban J connectivity index is 2.59. The minimum Gasteiger partial charge on any atom is -0.381 e. The van der Waals surface area contributed by atoms with Crippen LogP contribution in [0.5, 0.6) is 0 Å². The standard InChI is InChI=1S/C9H16O/c1-4-8-5-6-10-7-9(8,2)3/h4,8H,1,5-7H2,2-3H3/t8-/m1/s1. The van der Waals surface area contributed by atoms with Crippen LogP contribution >= 0.6 is 0 Å². The van der Waals surface area contributed by atoms with E-state index in [1.165, 1.54) is 0 Å². The van der Waals surface area contributed by atoms with E-state index in [2.05, 4.69) is 26.5 Å². The third-order valence-corrected chi connectivity index (χ3v) is 2.34. The van der Waals surface area contributed by atoms with Crippen LogP contribution in [0.4, 0.5) is 0 Å². The molecule has 58 valence electrons. The normalized spacial score (nSPS) is 31.6. The van der Waals surface area contributed by atoms with Gasteiger partial charge in [-0.25, -0.2) is 0 Å². The van der Waals surface area contributed by atoms with Gasteiger partial charge in [0.05, 0.1) is 6.61 Å². The molecule has 0 unspecified atom stereocenters. The van der Waals surface area contributed by atoms with Gasteiger partial charge in [-0.15, -0.1) is 6.58 Å². The van der Waals surface area contributed by atoms with E-state index in [1.54, 1.807) is 0 Å². The summed E-state index contributed by atoms with van der Waals surface area (Å²) in [6.07, 6.45) is 3.19. The molecular weight excluding hydrogens is 124 g/mol. The monoisotopic (exact) mass is 140 g/mol. The van der Waals surface area contributed by atoms with Gasteiger partial charge in [0.25, 0.3) is 0 Å². The SMILES string of the molecule is C=C[C@@H]1CCOCC1(C)C. The van der Waals surface area contributed by atoms with Gasteiger partial charge in [-0.05, 0) is 17.8 Å². The summed E-state index contributed by atoms with van der Waals surface area (Å²) in [5.74, 6) is 0.640. The van der Waals surface area contributed by atoms with Crippen molar-refractivity contribution in [2.24, 2.45) is 11.3 Å². The number of rotatable bonds is 1. The van der Waals surface area contributed by atoms with Crippen molar-refractivity contribution in [1.82, 2.24) is 0 Å². The van der Waals surface area contributed by atoms with Gasteiger partial charge in [-0.1, -0.05) is 19.9 Å². The van der Waals surface area contributed by atoms with Crippen molar-refractivity contribution in [3.8, 4) is 0 Å². The Morgan fingerprint density at radius 3 is 2.70 bits per heavy atom. The van der Waals surface area contributed by atoms with Gasteiger partial charge >= 0.3 is 0 Å². The molecule has 0 aromatic rings. The average molecular weight is 140 g/mol. The molecule has 1 saturated heterocycles. The molecule has 1 rings (SSSR count). The Morgan fingerprint density at radius 1 is 1.60 bits per heavy atom. The first-order valence-electron chi connectivity index (χ1n) is 3.87. The third kappa shape index (κ3) is 1.40. The molecule has 0 aromatic heterocycles. The highest BCUT2D eigenvalue weighted by molar-refractivity contribution is 4.91. The fourth-order valence-corrected chi connectivity index (χ4v) is 1.48. The zero-order chi connectivity index (χ0) is 7.61. The molecule has 10 heavy (non-hydrogen) atoms. The lowest BCUT2D eigenvalue weighted by Gasteiger charge is -2.36. The average Bonchev–Trinajstić information content (AvgIpc) is 1.87. The van der Waals surface area contributed by atoms with E-state index in [1.807, 2.05) is 0 Å². The van der Waals surface area contributed by atoms with Gasteiger partial charge in [0.15, 0.2) is 0 Å². The van der Waals surface area contributed by atoms with Gasteiger partial charge in [0.2, 0.25) is 0 Å². The molecule has 1 heteroatoms. The van der Waals surface area contributed by atoms with E-state index in [4.69, 9.17) is 4.74 Å². The lowest BCUT2D eigenvalue weighted by Crippen LogP contribution is -2.33. The number of hydrogen-bond donors (Lipinski definition) is 0. The van der Waals surface area contributed by atoms with Crippen LogP contribution in [-0.2, 0) is 4.74 Å². The van der Waals surface area contributed by atoms with Crippen molar-refractivity contribution in [3.05, 3.63) is 12.7 Å². The lowest BCUT2D eigenvalue weighted by atomic mass is 9.76. The Morgan fingerprint density at radius 2 is 2.30 bits per heavy atom. The third-order valence-electron chi connectivity index (χ3n) is 2.34. The van der Waals surface area contributed by atoms with Crippen LogP contribution in [0, 0.1) is 11.3 Å². The maximum absolute atomic E-state index is 5.37. The van der Waals surface area contributed by atoms with Crippen molar-refractivity contribution in [2.45, 2.75) is 20.3 Å². The first kappa shape index (κ1) is 7.80. The minimum atomic E-state index is 0.306. The molecule has 0 aromatic carbocycles. The maximum Gasteiger partial charge on any atom is 0.0522 e. The second kappa shape index (κ2) is 2.75. The first-order valence-corrected chi connectivity index (χ1v) is 3.87. The second-order valence-corrected chi connectivity index (χ2v) is 3.67. The summed E-state index contributed by atoms with van der Waals surface area (Å²) in [7, 11) is 0. The van der Waals surface area contributed by atoms with Crippen molar-refractivity contribution in [1.29, 1.82) is 0 Å². The van der Waals surface area contributed by atoms with E-state index in [-0.39, 0.29) is 0 Å². The van der Waals surface area contributed by atoms with Crippen LogP contribution in [0.2, 0.25) is 0 Å². The Kier molecular flexibility index (Phi) is 2.14. The number of allylic oxidation sites excluding steroid dienone is 1. The summed E-state index contributed by atoms with van der Waals surface area (Å²) in [4.78, 5) is 0. The smallest absolute Gasteiger partial charge is 0.0522 e. The van der Waals surface area contributed by atoms with Crippen LogP contribution in [0.3, 0.4) is 0 Å². The van der Waals surface area contributed by atoms with E-state index in [9.17, 15) is 0 Å². The van der Waals surface area contributed by atoms with Gasteiger partial charge in [0, 0.05) is 6.61 Å². The number of ether oxygens (including phenoxy) is 1. The molecular formula is C9H16O. The summed E-state index contributed by atoms with van der Waals surface area (Å²) in [5.41, 5.74) is 0.306. The van der Waals surface area contributed by atoms with Crippen LogP contribution in [0.1, 0.15) is 20.3 Å². The van der Waals surface area contributed by atoms with Gasteiger partial charge in [-0.2, -0.15) is 0 Å².